The summed E-state index contributed by atoms with van der Waals surface area (Å²) in [6.07, 6.45) is 0.690. The molecule has 1 N–H and O–H groups in total. The minimum Gasteiger partial charge on any atom is -0.336 e. The first kappa shape index (κ1) is 24.4. The van der Waals surface area contributed by atoms with Gasteiger partial charge in [-0.1, -0.05) is 70.0 Å². The van der Waals surface area contributed by atoms with Crippen molar-refractivity contribution in [1.29, 1.82) is 0 Å². The Morgan fingerprint density at radius 3 is 2.32 bits per heavy atom. The molecule has 3 aromatic rings. The van der Waals surface area contributed by atoms with Gasteiger partial charge in [0.15, 0.2) is 5.11 Å². The lowest BCUT2D eigenvalue weighted by Gasteiger charge is -2.24. The molecule has 0 saturated carbocycles. The maximum atomic E-state index is 13.4. The van der Waals surface area contributed by atoms with Crippen LogP contribution in [0.15, 0.2) is 83.3 Å². The number of benzene rings is 3. The molecular weight excluding hydrogens is 534 g/mol. The van der Waals surface area contributed by atoms with E-state index in [1.54, 1.807) is 4.90 Å². The predicted molar refractivity (Wildman–Crippen MR) is 143 cm³/mol. The Labute approximate surface area is 217 Å². The molecule has 1 saturated heterocycles. The number of carbonyl (C=O) groups is 2. The molecule has 174 valence electrons. The maximum absolute atomic E-state index is 13.4. The van der Waals surface area contributed by atoms with E-state index in [0.29, 0.717) is 35.3 Å². The standard InChI is InChI=1S/C26H23BrClN3O2S/c27-20-8-12-22(13-9-20)29-24(32)16-23-25(33)31(17-19-4-2-1-3-5-19)26(34)30(23)15-14-18-6-10-21(28)11-7-18/h1-13,23H,14-17H2,(H,29,32). The van der Waals surface area contributed by atoms with Gasteiger partial charge in [0.25, 0.3) is 5.91 Å². The van der Waals surface area contributed by atoms with Crippen molar-refractivity contribution in [2.24, 2.45) is 0 Å². The van der Waals surface area contributed by atoms with Crippen molar-refractivity contribution in [1.82, 2.24) is 9.80 Å². The average Bonchev–Trinajstić information content (AvgIpc) is 3.04. The van der Waals surface area contributed by atoms with Crippen molar-refractivity contribution in [2.45, 2.75) is 25.4 Å². The number of nitrogens with one attached hydrogen (secondary N) is 1. The number of hydrogen-bond donors (Lipinski definition) is 1. The molecule has 1 aliphatic heterocycles. The lowest BCUT2D eigenvalue weighted by molar-refractivity contribution is -0.131. The molecule has 1 atom stereocenters. The molecule has 0 spiro atoms. The summed E-state index contributed by atoms with van der Waals surface area (Å²) in [4.78, 5) is 29.7. The van der Waals surface area contributed by atoms with Crippen LogP contribution in [0.25, 0.3) is 0 Å². The molecule has 8 heteroatoms. The highest BCUT2D eigenvalue weighted by Crippen LogP contribution is 2.25. The van der Waals surface area contributed by atoms with E-state index in [0.717, 1.165) is 15.6 Å². The van der Waals surface area contributed by atoms with E-state index in [-0.39, 0.29) is 18.2 Å². The molecule has 3 aromatic carbocycles. The van der Waals surface area contributed by atoms with Crippen molar-refractivity contribution < 1.29 is 9.59 Å². The monoisotopic (exact) mass is 555 g/mol. The van der Waals surface area contributed by atoms with Gasteiger partial charge in [-0.3, -0.25) is 14.5 Å². The van der Waals surface area contributed by atoms with Gasteiger partial charge in [0, 0.05) is 21.7 Å². The van der Waals surface area contributed by atoms with E-state index < -0.39 is 6.04 Å². The topological polar surface area (TPSA) is 52.7 Å². The molecule has 0 bridgehead atoms. The largest absolute Gasteiger partial charge is 0.336 e. The summed E-state index contributed by atoms with van der Waals surface area (Å²) in [6, 6.07) is 24.0. The normalized spacial score (nSPS) is 15.6. The van der Waals surface area contributed by atoms with Crippen LogP contribution in [0.5, 0.6) is 0 Å². The second-order valence-corrected chi connectivity index (χ2v) is 9.75. The van der Waals surface area contributed by atoms with Crippen LogP contribution in [0.3, 0.4) is 0 Å². The third-order valence-corrected chi connectivity index (χ3v) is 6.88. The molecule has 34 heavy (non-hydrogen) atoms. The minimum absolute atomic E-state index is 0.0148. The number of carbonyl (C=O) groups excluding carboxylic acids is 2. The van der Waals surface area contributed by atoms with Crippen molar-refractivity contribution in [3.63, 3.8) is 0 Å². The number of anilines is 1. The van der Waals surface area contributed by atoms with Crippen molar-refractivity contribution in [3.05, 3.63) is 99.5 Å². The zero-order valence-corrected chi connectivity index (χ0v) is 21.4. The lowest BCUT2D eigenvalue weighted by Crippen LogP contribution is -2.39. The lowest BCUT2D eigenvalue weighted by atomic mass is 10.1. The third-order valence-electron chi connectivity index (χ3n) is 5.65. The molecule has 1 fully saturated rings. The van der Waals surface area contributed by atoms with Crippen LogP contribution in [0, 0.1) is 0 Å². The smallest absolute Gasteiger partial charge is 0.252 e. The SMILES string of the molecule is O=C(CC1C(=O)N(Cc2ccccc2)C(=S)N1CCc1ccc(Cl)cc1)Nc1ccc(Br)cc1. The van der Waals surface area contributed by atoms with E-state index in [4.69, 9.17) is 23.8 Å². The molecule has 1 unspecified atom stereocenters. The van der Waals surface area contributed by atoms with Gasteiger partial charge in [0.2, 0.25) is 5.91 Å². The Morgan fingerprint density at radius 2 is 1.65 bits per heavy atom. The summed E-state index contributed by atoms with van der Waals surface area (Å²) < 4.78 is 0.923. The van der Waals surface area contributed by atoms with E-state index in [1.165, 1.54) is 0 Å². The van der Waals surface area contributed by atoms with Crippen LogP contribution in [-0.2, 0) is 22.6 Å². The van der Waals surface area contributed by atoms with Gasteiger partial charge in [-0.15, -0.1) is 0 Å². The van der Waals surface area contributed by atoms with Crippen molar-refractivity contribution >= 4 is 62.4 Å². The number of rotatable bonds is 8. The van der Waals surface area contributed by atoms with Gasteiger partial charge in [-0.05, 0) is 66.2 Å². The Kier molecular flexibility index (Phi) is 7.98. The van der Waals surface area contributed by atoms with Crippen LogP contribution in [0.4, 0.5) is 5.69 Å². The number of amides is 2. The van der Waals surface area contributed by atoms with Crippen LogP contribution >= 0.6 is 39.7 Å². The molecule has 0 radical (unpaired) electrons. The third kappa shape index (κ3) is 6.03. The van der Waals surface area contributed by atoms with E-state index in [1.807, 2.05) is 83.8 Å². The zero-order chi connectivity index (χ0) is 24.1. The number of nitrogens with zero attached hydrogens (tertiary/aromatic N) is 2. The van der Waals surface area contributed by atoms with Crippen LogP contribution in [0.2, 0.25) is 5.02 Å². The highest BCUT2D eigenvalue weighted by Gasteiger charge is 2.43. The summed E-state index contributed by atoms with van der Waals surface area (Å²) in [6.45, 7) is 0.897. The second kappa shape index (κ2) is 11.1. The summed E-state index contributed by atoms with van der Waals surface area (Å²) in [5, 5.41) is 4.00. The minimum atomic E-state index is -0.654. The average molecular weight is 557 g/mol. The first-order valence-corrected chi connectivity index (χ1v) is 12.4. The predicted octanol–water partition coefficient (Wildman–Crippen LogP) is 5.67. The van der Waals surface area contributed by atoms with Crippen LogP contribution in [0.1, 0.15) is 17.5 Å². The fourth-order valence-electron chi connectivity index (χ4n) is 3.88. The highest BCUT2D eigenvalue weighted by molar-refractivity contribution is 9.10. The fourth-order valence-corrected chi connectivity index (χ4v) is 4.64. The van der Waals surface area contributed by atoms with Crippen LogP contribution < -0.4 is 5.32 Å². The first-order valence-electron chi connectivity index (χ1n) is 10.9. The van der Waals surface area contributed by atoms with Crippen LogP contribution in [-0.4, -0.2) is 39.3 Å². The van der Waals surface area contributed by atoms with Crippen molar-refractivity contribution in [3.8, 4) is 0 Å². The number of thiocarbonyl (C=S) groups is 1. The Balaban J connectivity index is 1.50. The van der Waals surface area contributed by atoms with E-state index in [2.05, 4.69) is 21.2 Å². The summed E-state index contributed by atoms with van der Waals surface area (Å²) in [5.74, 6) is -0.391. The van der Waals surface area contributed by atoms with E-state index >= 15 is 0 Å². The van der Waals surface area contributed by atoms with E-state index in [9.17, 15) is 9.59 Å². The highest BCUT2D eigenvalue weighted by atomic mass is 79.9. The molecule has 4 rings (SSSR count). The van der Waals surface area contributed by atoms with Gasteiger partial charge in [0.1, 0.15) is 6.04 Å². The summed E-state index contributed by atoms with van der Waals surface area (Å²) in [5.41, 5.74) is 2.74. The Morgan fingerprint density at radius 1 is 0.971 bits per heavy atom. The van der Waals surface area contributed by atoms with Crippen molar-refractivity contribution in [2.75, 3.05) is 11.9 Å². The van der Waals surface area contributed by atoms with Gasteiger partial charge >= 0.3 is 0 Å². The van der Waals surface area contributed by atoms with Gasteiger partial charge < -0.3 is 10.2 Å². The molecular formula is C26H23BrClN3O2S. The second-order valence-electron chi connectivity index (χ2n) is 8.04. The molecule has 1 aliphatic rings. The number of hydrogen-bond acceptors (Lipinski definition) is 3. The Hall–Kier alpha value is -2.74. The van der Waals surface area contributed by atoms with Gasteiger partial charge in [-0.2, -0.15) is 0 Å². The summed E-state index contributed by atoms with van der Waals surface area (Å²) >= 11 is 15.1. The maximum Gasteiger partial charge on any atom is 0.252 e. The quantitative estimate of drug-likeness (QED) is 0.363. The molecule has 1 heterocycles. The Bertz CT molecular complexity index is 1170. The number of halogens is 2. The summed E-state index contributed by atoms with van der Waals surface area (Å²) in [7, 11) is 0. The van der Waals surface area contributed by atoms with Gasteiger partial charge in [0.05, 0.1) is 13.0 Å². The molecule has 0 aliphatic carbocycles. The molecule has 5 nitrogen and oxygen atoms in total. The fraction of sp³-hybridized carbons (Fsp3) is 0.192. The first-order chi connectivity index (χ1) is 16.4. The molecule has 2 amide bonds. The molecule has 0 aromatic heterocycles. The zero-order valence-electron chi connectivity index (χ0n) is 18.3. The van der Waals surface area contributed by atoms with Gasteiger partial charge in [-0.25, -0.2) is 0 Å².